The Morgan fingerprint density at radius 2 is 0.571 bits per heavy atom. The van der Waals surface area contributed by atoms with Gasteiger partial charge in [0.1, 0.15) is 13.2 Å². The van der Waals surface area contributed by atoms with Gasteiger partial charge in [-0.05, 0) is 77.0 Å². The van der Waals surface area contributed by atoms with E-state index in [2.05, 4.69) is 57.2 Å². The van der Waals surface area contributed by atoms with Crippen molar-refractivity contribution in [1.82, 2.24) is 0 Å². The molecule has 0 aliphatic heterocycles. The first-order valence-electron chi connectivity index (χ1n) is 27.5. The van der Waals surface area contributed by atoms with Crippen LogP contribution in [-0.4, -0.2) is 37.2 Å². The molecule has 6 nitrogen and oxygen atoms in total. The third-order valence-corrected chi connectivity index (χ3v) is 12.1. The van der Waals surface area contributed by atoms with Gasteiger partial charge in [0.15, 0.2) is 6.10 Å². The van der Waals surface area contributed by atoms with E-state index in [9.17, 15) is 14.4 Å². The molecule has 63 heavy (non-hydrogen) atoms. The van der Waals surface area contributed by atoms with Gasteiger partial charge in [0.25, 0.3) is 0 Å². The van der Waals surface area contributed by atoms with Crippen LogP contribution in [0.25, 0.3) is 0 Å². The molecule has 6 heteroatoms. The SMILES string of the molecule is CCCCCC/C=C\C/C=C\CCCCCCCCCC(=O)OCC(COC(=O)CCCCCCCCCCCCCC)OC(=O)CCCCCCC/C=C\CCCCCCCC. The van der Waals surface area contributed by atoms with E-state index in [1.165, 1.54) is 173 Å². The van der Waals surface area contributed by atoms with Crippen LogP contribution in [-0.2, 0) is 28.6 Å². The van der Waals surface area contributed by atoms with Gasteiger partial charge in [-0.2, -0.15) is 0 Å². The summed E-state index contributed by atoms with van der Waals surface area (Å²) in [6.45, 7) is 6.63. The third-order valence-electron chi connectivity index (χ3n) is 12.1. The van der Waals surface area contributed by atoms with Crippen molar-refractivity contribution in [2.45, 2.75) is 297 Å². The minimum atomic E-state index is -0.776. The van der Waals surface area contributed by atoms with Crippen molar-refractivity contribution < 1.29 is 28.6 Å². The lowest BCUT2D eigenvalue weighted by Gasteiger charge is -2.18. The first kappa shape index (κ1) is 60.6. The normalized spacial score (nSPS) is 12.2. The fourth-order valence-corrected chi connectivity index (χ4v) is 7.94. The van der Waals surface area contributed by atoms with Gasteiger partial charge in [-0.3, -0.25) is 14.4 Å². The van der Waals surface area contributed by atoms with Crippen LogP contribution in [0.2, 0.25) is 0 Å². The van der Waals surface area contributed by atoms with E-state index in [1.54, 1.807) is 0 Å². The van der Waals surface area contributed by atoms with Crippen molar-refractivity contribution in [3.63, 3.8) is 0 Å². The summed E-state index contributed by atoms with van der Waals surface area (Å²) in [5.74, 6) is -0.879. The Morgan fingerprint density at radius 1 is 0.317 bits per heavy atom. The lowest BCUT2D eigenvalue weighted by molar-refractivity contribution is -0.167. The number of esters is 3. The molecule has 0 amide bonds. The van der Waals surface area contributed by atoms with E-state index >= 15 is 0 Å². The topological polar surface area (TPSA) is 78.9 Å². The number of ether oxygens (including phenoxy) is 3. The summed E-state index contributed by atoms with van der Waals surface area (Å²) in [7, 11) is 0. The molecule has 1 atom stereocenters. The van der Waals surface area contributed by atoms with Gasteiger partial charge in [0.05, 0.1) is 0 Å². The van der Waals surface area contributed by atoms with Crippen molar-refractivity contribution in [2.24, 2.45) is 0 Å². The molecule has 0 aromatic heterocycles. The second-order valence-corrected chi connectivity index (χ2v) is 18.5. The predicted molar refractivity (Wildman–Crippen MR) is 270 cm³/mol. The summed E-state index contributed by atoms with van der Waals surface area (Å²) in [5.41, 5.74) is 0. The molecular weight excluding hydrogens is 781 g/mol. The number of hydrogen-bond acceptors (Lipinski definition) is 6. The fourth-order valence-electron chi connectivity index (χ4n) is 7.94. The summed E-state index contributed by atoms with van der Waals surface area (Å²) in [6, 6.07) is 0. The Kier molecular flexibility index (Phi) is 50.3. The molecule has 0 saturated heterocycles. The smallest absolute Gasteiger partial charge is 0.306 e. The molecule has 0 aromatic carbocycles. The Morgan fingerprint density at radius 3 is 0.905 bits per heavy atom. The van der Waals surface area contributed by atoms with Gasteiger partial charge in [-0.25, -0.2) is 0 Å². The fraction of sp³-hybridized carbons (Fsp3) is 0.842. The molecule has 1 unspecified atom stereocenters. The van der Waals surface area contributed by atoms with Gasteiger partial charge in [0.2, 0.25) is 0 Å². The van der Waals surface area contributed by atoms with Crippen LogP contribution in [0, 0.1) is 0 Å². The zero-order valence-corrected chi connectivity index (χ0v) is 42.1. The molecule has 0 fully saturated rings. The third kappa shape index (κ3) is 50.5. The number of hydrogen-bond donors (Lipinski definition) is 0. The number of rotatable bonds is 50. The Hall–Kier alpha value is -2.37. The van der Waals surface area contributed by atoms with E-state index in [4.69, 9.17) is 14.2 Å². The maximum absolute atomic E-state index is 12.8. The van der Waals surface area contributed by atoms with E-state index < -0.39 is 6.10 Å². The van der Waals surface area contributed by atoms with Crippen molar-refractivity contribution in [2.75, 3.05) is 13.2 Å². The van der Waals surface area contributed by atoms with E-state index in [-0.39, 0.29) is 31.1 Å². The van der Waals surface area contributed by atoms with Gasteiger partial charge < -0.3 is 14.2 Å². The summed E-state index contributed by atoms with van der Waals surface area (Å²) < 4.78 is 16.8. The molecule has 0 aliphatic carbocycles. The maximum Gasteiger partial charge on any atom is 0.306 e. The minimum Gasteiger partial charge on any atom is -0.462 e. The van der Waals surface area contributed by atoms with E-state index in [0.717, 1.165) is 77.0 Å². The minimum absolute atomic E-state index is 0.0749. The molecular formula is C57H104O6. The van der Waals surface area contributed by atoms with Gasteiger partial charge in [-0.1, -0.05) is 231 Å². The summed E-state index contributed by atoms with van der Waals surface area (Å²) in [5, 5.41) is 0. The largest absolute Gasteiger partial charge is 0.462 e. The molecule has 0 spiro atoms. The van der Waals surface area contributed by atoms with E-state index in [1.807, 2.05) is 0 Å². The van der Waals surface area contributed by atoms with Crippen LogP contribution in [0.3, 0.4) is 0 Å². The zero-order valence-electron chi connectivity index (χ0n) is 42.1. The molecule has 0 aliphatic rings. The molecule has 0 rings (SSSR count). The lowest BCUT2D eigenvalue weighted by Crippen LogP contribution is -2.30. The predicted octanol–water partition coefficient (Wildman–Crippen LogP) is 18.1. The highest BCUT2D eigenvalue weighted by molar-refractivity contribution is 5.71. The summed E-state index contributed by atoms with van der Waals surface area (Å²) in [6.07, 6.45) is 61.2. The van der Waals surface area contributed by atoms with Crippen molar-refractivity contribution >= 4 is 17.9 Å². The lowest BCUT2D eigenvalue weighted by atomic mass is 10.0. The molecule has 0 saturated carbocycles. The number of carbonyl (C=O) groups is 3. The molecule has 0 bridgehead atoms. The average molecular weight is 885 g/mol. The van der Waals surface area contributed by atoms with Crippen molar-refractivity contribution in [3.8, 4) is 0 Å². The number of unbranched alkanes of at least 4 members (excludes halogenated alkanes) is 33. The van der Waals surface area contributed by atoms with Gasteiger partial charge in [0, 0.05) is 19.3 Å². The maximum atomic E-state index is 12.8. The Bertz CT molecular complexity index is 1060. The van der Waals surface area contributed by atoms with Crippen LogP contribution in [0.5, 0.6) is 0 Å². The second-order valence-electron chi connectivity index (χ2n) is 18.5. The highest BCUT2D eigenvalue weighted by Crippen LogP contribution is 2.15. The monoisotopic (exact) mass is 885 g/mol. The Labute approximate surface area is 391 Å². The van der Waals surface area contributed by atoms with Crippen LogP contribution in [0.15, 0.2) is 36.5 Å². The first-order chi connectivity index (χ1) is 31.0. The van der Waals surface area contributed by atoms with Gasteiger partial charge in [-0.15, -0.1) is 0 Å². The van der Waals surface area contributed by atoms with Crippen molar-refractivity contribution in [3.05, 3.63) is 36.5 Å². The molecule has 0 heterocycles. The quantitative estimate of drug-likeness (QED) is 0.0262. The second kappa shape index (κ2) is 52.3. The standard InChI is InChI=1S/C57H104O6/c1-4-7-10-13-16-19-22-25-27-28-29-31-32-35-38-41-44-47-50-56(59)62-53-54(52-61-55(58)49-46-43-40-37-34-24-21-18-15-12-9-6-3)63-57(60)51-48-45-42-39-36-33-30-26-23-20-17-14-11-8-5-2/h19,22,26-28,30,54H,4-18,20-21,23-25,29,31-53H2,1-3H3/b22-19-,28-27-,30-26-. The molecule has 368 valence electrons. The molecule has 0 radical (unpaired) electrons. The molecule has 0 aromatic rings. The summed E-state index contributed by atoms with van der Waals surface area (Å²) in [4.78, 5) is 38.0. The van der Waals surface area contributed by atoms with Crippen LogP contribution in [0.4, 0.5) is 0 Å². The van der Waals surface area contributed by atoms with Gasteiger partial charge >= 0.3 is 17.9 Å². The van der Waals surface area contributed by atoms with Crippen LogP contribution < -0.4 is 0 Å². The highest BCUT2D eigenvalue weighted by Gasteiger charge is 2.19. The zero-order chi connectivity index (χ0) is 45.8. The van der Waals surface area contributed by atoms with Crippen LogP contribution in [0.1, 0.15) is 290 Å². The van der Waals surface area contributed by atoms with Crippen molar-refractivity contribution in [1.29, 1.82) is 0 Å². The van der Waals surface area contributed by atoms with E-state index in [0.29, 0.717) is 19.3 Å². The molecule has 0 N–H and O–H groups in total. The Balaban J connectivity index is 4.35. The first-order valence-corrected chi connectivity index (χ1v) is 27.5. The summed E-state index contributed by atoms with van der Waals surface area (Å²) >= 11 is 0. The highest BCUT2D eigenvalue weighted by atomic mass is 16.6. The van der Waals surface area contributed by atoms with Crippen LogP contribution >= 0.6 is 0 Å². The average Bonchev–Trinajstić information content (AvgIpc) is 3.28. The number of allylic oxidation sites excluding steroid dienone is 6. The number of carbonyl (C=O) groups excluding carboxylic acids is 3.